The number of aromatic nitrogens is 2. The number of carboxylic acid groups (broad SMARTS) is 2. The smallest absolute Gasteiger partial charge is 0.490 e. The SMILES string of the molecule is CCN=c1cc2oc3cc(NCC)c(C)cc3c(-c3ccc(C(=O)NC(Cc4ccc(C#CCNC(=O)c5ccc(-c6c7ccc(=O)cc-7oc7cc(O)ccc67)c(C(=O)O)c5)cc4)C(=O)NCCCCCC(=O)NCC#Cc4cn([C@H]5CC[C@@H](OP(=O)(O)OP(=O)(O)OP(=O)(O)O)O5)c(=O)[nH]c4=O)cc3C(=O)O)c-2cc1C. The summed E-state index contributed by atoms with van der Waals surface area (Å²) in [5.41, 5.74) is 3.65. The van der Waals surface area contributed by atoms with Gasteiger partial charge in [-0.2, -0.15) is 8.62 Å². The normalized spacial score (nSPS) is 14.9. The van der Waals surface area contributed by atoms with Crippen LogP contribution in [0, 0.1) is 37.5 Å². The number of anilines is 1. The monoisotopic (exact) mass is 1600 g/mol. The zero-order valence-corrected chi connectivity index (χ0v) is 63.2. The lowest BCUT2D eigenvalue weighted by Gasteiger charge is -2.21. The van der Waals surface area contributed by atoms with Crippen molar-refractivity contribution in [2.24, 2.45) is 4.99 Å². The Balaban J connectivity index is 0.751. The lowest BCUT2D eigenvalue weighted by Crippen LogP contribution is -2.48. The van der Waals surface area contributed by atoms with Crippen molar-refractivity contribution >= 4 is 86.7 Å². The number of aromatic hydroxyl groups is 1. The molecule has 0 saturated carbocycles. The Bertz CT molecular complexity index is 5940. The molecule has 36 heteroatoms. The van der Waals surface area contributed by atoms with Crippen molar-refractivity contribution in [2.45, 2.75) is 91.2 Å². The molecule has 1 saturated heterocycles. The van der Waals surface area contributed by atoms with E-state index in [4.69, 9.17) is 23.4 Å². The predicted molar refractivity (Wildman–Crippen MR) is 410 cm³/mol. The highest BCUT2D eigenvalue weighted by molar-refractivity contribution is 7.66. The summed E-state index contributed by atoms with van der Waals surface area (Å²) in [6.07, 6.45) is -1.18. The number of hydrogen-bond acceptors (Lipinski definition) is 21. The van der Waals surface area contributed by atoms with E-state index in [2.05, 4.69) is 68.4 Å². The first-order valence-electron chi connectivity index (χ1n) is 35.0. The van der Waals surface area contributed by atoms with Gasteiger partial charge in [0, 0.05) is 125 Å². The number of benzene rings is 7. The maximum absolute atomic E-state index is 14.5. The van der Waals surface area contributed by atoms with Gasteiger partial charge in [-0.1, -0.05) is 54.4 Å². The van der Waals surface area contributed by atoms with Crippen molar-refractivity contribution in [1.82, 2.24) is 30.8 Å². The Morgan fingerprint density at radius 1 is 0.664 bits per heavy atom. The minimum Gasteiger partial charge on any atom is -0.508 e. The number of carbonyl (C=O) groups is 6. The van der Waals surface area contributed by atoms with Gasteiger partial charge in [0.2, 0.25) is 11.8 Å². The van der Waals surface area contributed by atoms with Crippen LogP contribution in [0.2, 0.25) is 0 Å². The quantitative estimate of drug-likeness (QED) is 0.00941. The molecule has 3 unspecified atom stereocenters. The van der Waals surface area contributed by atoms with Crippen LogP contribution in [0.4, 0.5) is 5.69 Å². The van der Waals surface area contributed by atoms with Crippen molar-refractivity contribution in [3.05, 3.63) is 214 Å². The van der Waals surface area contributed by atoms with Crippen LogP contribution < -0.4 is 48.6 Å². The number of phenols is 1. The molecule has 2 aliphatic carbocycles. The van der Waals surface area contributed by atoms with E-state index >= 15 is 0 Å². The average Bonchev–Trinajstić information content (AvgIpc) is 0.844. The number of phenolic OH excluding ortho intramolecular Hbond substituents is 1. The number of unbranched alkanes of at least 4 members (excludes halogenated alkanes) is 2. The summed E-state index contributed by atoms with van der Waals surface area (Å²) < 4.78 is 65.9. The Morgan fingerprint density at radius 3 is 2.00 bits per heavy atom. The molecule has 5 aliphatic rings. The van der Waals surface area contributed by atoms with Crippen molar-refractivity contribution in [3.63, 3.8) is 0 Å². The zero-order chi connectivity index (χ0) is 81.2. The molecule has 1 aromatic heterocycles. The number of hydrogen-bond donors (Lipinski definition) is 13. The Morgan fingerprint density at radius 2 is 1.32 bits per heavy atom. The highest BCUT2D eigenvalue weighted by Gasteiger charge is 2.44. The highest BCUT2D eigenvalue weighted by Crippen LogP contribution is 2.67. The number of amides is 4. The number of aryl methyl sites for hydroxylation is 2. The van der Waals surface area contributed by atoms with Crippen LogP contribution in [0.1, 0.15) is 128 Å². The number of carbonyl (C=O) groups excluding carboxylic acids is 4. The standard InChI is InChI=1S/C77H73N8O25P3/c1-5-78-59-39-64-57(32-42(59)3)70(58-33-43(4)60(79-6-2)40-65(58)106-64)52-24-20-47(36-56(52)76(95)96)72(90)83-61(74(92)82-29-9-7-8-14-66(88)80-30-11-13-48-41-85(77(97)84-73(48)91)67-27-28-68(107-67)108-112(101,102)110-113(103,104)109-111(98,99)100)34-45-17-15-44(16-18-45)12-10-31-81-71(89)46-19-23-51(55(35-46)75(93)94)69-53-25-21-49(86)37-62(53)105-63-38-50(87)22-26-54(63)69/h15-26,32-33,35-41,61,67-68,78,86H,5-9,14,27-31,34H2,1-4H3,(H,80,88)(H,81,89)(H,82,92)(H,83,90)(H,93,94)(H,95,96)(H,101,102)(H,103,104)(H,84,91,97)(H2,98,99,100)/t61?,67-,68-/m1/s1. The number of phosphoric ester groups is 1. The maximum atomic E-state index is 14.5. The third-order valence-electron chi connectivity index (χ3n) is 17.8. The minimum absolute atomic E-state index is 0.00726. The first-order chi connectivity index (χ1) is 53.7. The van der Waals surface area contributed by atoms with Crippen LogP contribution in [0.25, 0.3) is 66.8 Å². The Kier molecular flexibility index (Phi) is 25.5. The number of nitrogens with one attached hydrogen (secondary N) is 6. The van der Waals surface area contributed by atoms with Gasteiger partial charge in [0.15, 0.2) is 11.7 Å². The fraction of sp³-hybridized carbons (Fsp3) is 0.247. The van der Waals surface area contributed by atoms with Gasteiger partial charge in [0.05, 0.1) is 29.6 Å². The summed E-state index contributed by atoms with van der Waals surface area (Å²) in [6, 6.07) is 29.7. The summed E-state index contributed by atoms with van der Waals surface area (Å²) in [7, 11) is -17.1. The molecule has 5 aromatic carbocycles. The molecule has 0 bridgehead atoms. The largest absolute Gasteiger partial charge is 0.508 e. The molecule has 33 nitrogen and oxygen atoms in total. The van der Waals surface area contributed by atoms with Crippen LogP contribution in [0.5, 0.6) is 5.75 Å². The second kappa shape index (κ2) is 35.2. The number of aromatic amines is 1. The number of rotatable bonds is 28. The van der Waals surface area contributed by atoms with E-state index in [1.165, 1.54) is 60.7 Å². The molecule has 4 heterocycles. The molecule has 113 heavy (non-hydrogen) atoms. The van der Waals surface area contributed by atoms with Gasteiger partial charge in [0.25, 0.3) is 17.4 Å². The number of aromatic carboxylic acids is 2. The van der Waals surface area contributed by atoms with Gasteiger partial charge in [-0.05, 0) is 148 Å². The molecule has 5 atom stereocenters. The number of H-pyrrole nitrogens is 1. The van der Waals surface area contributed by atoms with Crippen molar-refractivity contribution in [3.8, 4) is 74.3 Å². The maximum Gasteiger partial charge on any atom is 0.490 e. The summed E-state index contributed by atoms with van der Waals surface area (Å²) in [6.45, 7) is 8.48. The molecular weight excluding hydrogens is 1530 g/mol. The van der Waals surface area contributed by atoms with E-state index < -0.39 is 88.8 Å². The first-order valence-corrected chi connectivity index (χ1v) is 39.5. The van der Waals surface area contributed by atoms with Gasteiger partial charge in [-0.15, -0.1) is 0 Å². The van der Waals surface area contributed by atoms with Crippen LogP contribution in [0.15, 0.2) is 156 Å². The lowest BCUT2D eigenvalue weighted by atomic mass is 9.88. The number of fused-ring (bicyclic) bond motifs is 4. The lowest BCUT2D eigenvalue weighted by molar-refractivity contribution is -0.123. The van der Waals surface area contributed by atoms with Gasteiger partial charge < -0.3 is 75.0 Å². The van der Waals surface area contributed by atoms with E-state index in [9.17, 15) is 82.0 Å². The third kappa shape index (κ3) is 20.4. The zero-order valence-electron chi connectivity index (χ0n) is 60.6. The van der Waals surface area contributed by atoms with E-state index in [1.54, 1.807) is 36.4 Å². The van der Waals surface area contributed by atoms with Crippen molar-refractivity contribution < 1.29 is 104 Å². The predicted octanol–water partition coefficient (Wildman–Crippen LogP) is 8.95. The van der Waals surface area contributed by atoms with E-state index in [1.807, 2.05) is 56.9 Å². The summed E-state index contributed by atoms with van der Waals surface area (Å²) in [5, 5.41) is 47.7. The van der Waals surface area contributed by atoms with Gasteiger partial charge >= 0.3 is 41.1 Å². The fourth-order valence-corrected chi connectivity index (χ4v) is 15.8. The van der Waals surface area contributed by atoms with E-state index in [0.29, 0.717) is 93.2 Å². The average molecular weight is 1600 g/mol. The number of ether oxygens (including phenoxy) is 1. The second-order valence-electron chi connectivity index (χ2n) is 25.8. The van der Waals surface area contributed by atoms with E-state index in [0.717, 1.165) is 27.6 Å². The highest BCUT2D eigenvalue weighted by atomic mass is 31.3. The van der Waals surface area contributed by atoms with Crippen molar-refractivity contribution in [1.29, 1.82) is 0 Å². The fourth-order valence-electron chi connectivity index (χ4n) is 12.7. The summed E-state index contributed by atoms with van der Waals surface area (Å²) >= 11 is 0. The van der Waals surface area contributed by atoms with Crippen LogP contribution in [-0.2, 0) is 47.6 Å². The van der Waals surface area contributed by atoms with Crippen LogP contribution in [-0.4, -0.2) is 125 Å². The topological polar surface area (TPSA) is 503 Å². The minimum atomic E-state index is -5.83. The molecule has 1 fully saturated rings. The molecule has 6 aromatic rings. The van der Waals surface area contributed by atoms with Crippen LogP contribution in [0.3, 0.4) is 0 Å². The van der Waals surface area contributed by atoms with Gasteiger partial charge in [-0.25, -0.2) is 28.1 Å². The summed E-state index contributed by atoms with van der Waals surface area (Å²) in [4.78, 5) is 163. The van der Waals surface area contributed by atoms with Crippen molar-refractivity contribution in [2.75, 3.05) is 38.0 Å². The molecule has 0 spiro atoms. The van der Waals surface area contributed by atoms with Gasteiger partial charge in [0.1, 0.15) is 46.3 Å². The van der Waals surface area contributed by atoms with Crippen LogP contribution >= 0.6 is 23.5 Å². The second-order valence-corrected chi connectivity index (χ2v) is 30.2. The molecule has 3 aliphatic heterocycles. The molecule has 0 radical (unpaired) electrons. The molecule has 13 N–H and O–H groups in total. The third-order valence-corrected chi connectivity index (χ3v) is 21.6. The number of nitrogens with zero attached hydrogens (tertiary/aromatic N) is 2. The Labute approximate surface area is 641 Å². The Hall–Kier alpha value is -11.9. The number of carboxylic acids is 2. The summed E-state index contributed by atoms with van der Waals surface area (Å²) in [5.74, 6) is 6.34. The first kappa shape index (κ1) is 82.0. The molecule has 11 rings (SSSR count). The van der Waals surface area contributed by atoms with Gasteiger partial charge in [-0.3, -0.25) is 47.8 Å². The number of phosphoric acid groups is 3. The molecule has 4 amide bonds. The van der Waals surface area contributed by atoms with E-state index in [-0.39, 0.29) is 107 Å². The molecule has 586 valence electrons. The molecular formula is C77H73N8O25P3.